The van der Waals surface area contributed by atoms with Crippen molar-refractivity contribution in [1.29, 1.82) is 0 Å². The van der Waals surface area contributed by atoms with Gasteiger partial charge in [-0.15, -0.1) is 0 Å². The molecule has 1 fully saturated rings. The Morgan fingerprint density at radius 3 is 2.84 bits per heavy atom. The third-order valence-electron chi connectivity index (χ3n) is 3.93. The standard InChI is InChI=1S/C15H22N2O2/c1-4-12-7-5-6-8-17(12)13-9-10(2)16-11(3)14(13)15(18)19/h9,12H,4-8H2,1-3H3,(H,18,19). The zero-order valence-corrected chi connectivity index (χ0v) is 11.9. The quantitative estimate of drug-likeness (QED) is 0.909. The third kappa shape index (κ3) is 2.72. The summed E-state index contributed by atoms with van der Waals surface area (Å²) < 4.78 is 0. The van der Waals surface area contributed by atoms with E-state index in [-0.39, 0.29) is 0 Å². The van der Waals surface area contributed by atoms with Crippen molar-refractivity contribution in [2.75, 3.05) is 11.4 Å². The summed E-state index contributed by atoms with van der Waals surface area (Å²) >= 11 is 0. The van der Waals surface area contributed by atoms with E-state index in [4.69, 9.17) is 0 Å². The highest BCUT2D eigenvalue weighted by molar-refractivity contribution is 5.95. The third-order valence-corrected chi connectivity index (χ3v) is 3.93. The fourth-order valence-electron chi connectivity index (χ4n) is 3.04. The van der Waals surface area contributed by atoms with Crippen molar-refractivity contribution < 1.29 is 9.90 Å². The van der Waals surface area contributed by atoms with Gasteiger partial charge >= 0.3 is 5.97 Å². The molecule has 1 aromatic rings. The molecule has 0 spiro atoms. The molecule has 1 aliphatic heterocycles. The van der Waals surface area contributed by atoms with Gasteiger partial charge in [-0.2, -0.15) is 0 Å². The van der Waals surface area contributed by atoms with Crippen LogP contribution in [-0.4, -0.2) is 28.6 Å². The number of aromatic carboxylic acids is 1. The zero-order valence-electron chi connectivity index (χ0n) is 11.9. The summed E-state index contributed by atoms with van der Waals surface area (Å²) in [5.74, 6) is -0.875. The van der Waals surface area contributed by atoms with Gasteiger partial charge in [0.15, 0.2) is 0 Å². The topological polar surface area (TPSA) is 53.4 Å². The van der Waals surface area contributed by atoms with E-state index >= 15 is 0 Å². The van der Waals surface area contributed by atoms with Crippen molar-refractivity contribution in [2.45, 2.75) is 52.5 Å². The summed E-state index contributed by atoms with van der Waals surface area (Å²) in [6, 6.07) is 2.37. The maximum Gasteiger partial charge on any atom is 0.339 e. The van der Waals surface area contributed by atoms with E-state index in [0.717, 1.165) is 37.2 Å². The maximum absolute atomic E-state index is 11.5. The second-order valence-corrected chi connectivity index (χ2v) is 5.30. The molecular weight excluding hydrogens is 240 g/mol. The molecule has 1 atom stereocenters. The lowest BCUT2D eigenvalue weighted by Gasteiger charge is -2.38. The number of aryl methyl sites for hydroxylation is 2. The second-order valence-electron chi connectivity index (χ2n) is 5.30. The van der Waals surface area contributed by atoms with E-state index in [0.29, 0.717) is 17.3 Å². The number of anilines is 1. The highest BCUT2D eigenvalue weighted by Gasteiger charge is 2.26. The monoisotopic (exact) mass is 262 g/mol. The Morgan fingerprint density at radius 2 is 2.21 bits per heavy atom. The number of aromatic nitrogens is 1. The van der Waals surface area contributed by atoms with Crippen LogP contribution in [-0.2, 0) is 0 Å². The molecule has 0 bridgehead atoms. The van der Waals surface area contributed by atoms with Gasteiger partial charge < -0.3 is 10.0 Å². The van der Waals surface area contributed by atoms with Crippen molar-refractivity contribution in [3.05, 3.63) is 23.0 Å². The van der Waals surface area contributed by atoms with Crippen LogP contribution in [0.1, 0.15) is 54.4 Å². The summed E-state index contributed by atoms with van der Waals surface area (Å²) in [5.41, 5.74) is 2.72. The highest BCUT2D eigenvalue weighted by atomic mass is 16.4. The number of carboxylic acids is 1. The predicted octanol–water partition coefficient (Wildman–Crippen LogP) is 3.17. The van der Waals surface area contributed by atoms with Crippen LogP contribution in [0.3, 0.4) is 0 Å². The smallest absolute Gasteiger partial charge is 0.339 e. The molecule has 0 aromatic carbocycles. The summed E-state index contributed by atoms with van der Waals surface area (Å²) in [7, 11) is 0. The van der Waals surface area contributed by atoms with Crippen molar-refractivity contribution in [1.82, 2.24) is 4.98 Å². The van der Waals surface area contributed by atoms with Crippen LogP contribution >= 0.6 is 0 Å². The number of hydrogen-bond donors (Lipinski definition) is 1. The van der Waals surface area contributed by atoms with Crippen LogP contribution in [0, 0.1) is 13.8 Å². The number of pyridine rings is 1. The Morgan fingerprint density at radius 1 is 1.47 bits per heavy atom. The van der Waals surface area contributed by atoms with Gasteiger partial charge in [0.05, 0.1) is 11.4 Å². The zero-order chi connectivity index (χ0) is 14.0. The van der Waals surface area contributed by atoms with E-state index in [1.54, 1.807) is 6.92 Å². The molecule has 0 aliphatic carbocycles. The van der Waals surface area contributed by atoms with Crippen LogP contribution in [0.4, 0.5) is 5.69 Å². The van der Waals surface area contributed by atoms with Gasteiger partial charge in [0.2, 0.25) is 0 Å². The lowest BCUT2D eigenvalue weighted by Crippen LogP contribution is -2.40. The molecule has 104 valence electrons. The minimum Gasteiger partial charge on any atom is -0.478 e. The molecule has 1 N–H and O–H groups in total. The van der Waals surface area contributed by atoms with Gasteiger partial charge in [0.1, 0.15) is 5.56 Å². The van der Waals surface area contributed by atoms with Crippen molar-refractivity contribution in [3.63, 3.8) is 0 Å². The Hall–Kier alpha value is -1.58. The minimum absolute atomic E-state index is 0.367. The van der Waals surface area contributed by atoms with Gasteiger partial charge in [0.25, 0.3) is 0 Å². The predicted molar refractivity (Wildman–Crippen MR) is 75.9 cm³/mol. The summed E-state index contributed by atoms with van der Waals surface area (Å²) in [6.45, 7) is 6.82. The molecule has 2 heterocycles. The molecule has 1 unspecified atom stereocenters. The molecule has 0 amide bonds. The molecule has 1 saturated heterocycles. The normalized spacial score (nSPS) is 19.5. The number of nitrogens with zero attached hydrogens (tertiary/aromatic N) is 2. The van der Waals surface area contributed by atoms with Gasteiger partial charge in [-0.25, -0.2) is 4.79 Å². The van der Waals surface area contributed by atoms with Gasteiger partial charge in [-0.05, 0) is 45.6 Å². The van der Waals surface area contributed by atoms with Crippen LogP contribution in [0.25, 0.3) is 0 Å². The molecule has 4 nitrogen and oxygen atoms in total. The van der Waals surface area contributed by atoms with Crippen LogP contribution in [0.15, 0.2) is 6.07 Å². The van der Waals surface area contributed by atoms with Crippen molar-refractivity contribution in [3.8, 4) is 0 Å². The number of piperidine rings is 1. The first-order valence-electron chi connectivity index (χ1n) is 7.02. The van der Waals surface area contributed by atoms with E-state index in [1.807, 2.05) is 13.0 Å². The average Bonchev–Trinajstić information content (AvgIpc) is 2.37. The second kappa shape index (κ2) is 5.59. The lowest BCUT2D eigenvalue weighted by molar-refractivity contribution is 0.0696. The summed E-state index contributed by atoms with van der Waals surface area (Å²) in [5, 5.41) is 9.46. The molecule has 0 radical (unpaired) electrons. The first kappa shape index (κ1) is 13.8. The van der Waals surface area contributed by atoms with Crippen LogP contribution in [0.5, 0.6) is 0 Å². The van der Waals surface area contributed by atoms with Crippen molar-refractivity contribution in [2.24, 2.45) is 0 Å². The fourth-order valence-corrected chi connectivity index (χ4v) is 3.04. The van der Waals surface area contributed by atoms with Crippen LogP contribution in [0.2, 0.25) is 0 Å². The average molecular weight is 262 g/mol. The maximum atomic E-state index is 11.5. The Kier molecular flexibility index (Phi) is 4.08. The number of carbonyl (C=O) groups is 1. The summed E-state index contributed by atoms with van der Waals surface area (Å²) in [4.78, 5) is 18.1. The molecule has 4 heteroatoms. The largest absolute Gasteiger partial charge is 0.478 e. The first-order valence-corrected chi connectivity index (χ1v) is 7.02. The molecule has 1 aliphatic rings. The SMILES string of the molecule is CCC1CCCCN1c1cc(C)nc(C)c1C(=O)O. The van der Waals surface area contributed by atoms with Gasteiger partial charge in [-0.3, -0.25) is 4.98 Å². The molecule has 2 rings (SSSR count). The lowest BCUT2D eigenvalue weighted by atomic mass is 9.97. The van der Waals surface area contributed by atoms with E-state index in [1.165, 1.54) is 6.42 Å². The Balaban J connectivity index is 2.50. The molecular formula is C15H22N2O2. The first-order chi connectivity index (χ1) is 9.04. The number of carboxylic acid groups (broad SMARTS) is 1. The Bertz CT molecular complexity index is 485. The molecule has 0 saturated carbocycles. The van der Waals surface area contributed by atoms with Gasteiger partial charge in [-0.1, -0.05) is 6.92 Å². The minimum atomic E-state index is -0.875. The summed E-state index contributed by atoms with van der Waals surface area (Å²) in [6.07, 6.45) is 4.58. The van der Waals surface area contributed by atoms with Crippen molar-refractivity contribution >= 4 is 11.7 Å². The van der Waals surface area contributed by atoms with E-state index in [2.05, 4.69) is 16.8 Å². The van der Waals surface area contributed by atoms with Gasteiger partial charge in [0, 0.05) is 18.3 Å². The van der Waals surface area contributed by atoms with E-state index < -0.39 is 5.97 Å². The fraction of sp³-hybridized carbons (Fsp3) is 0.600. The number of hydrogen-bond acceptors (Lipinski definition) is 3. The Labute approximate surface area is 114 Å². The van der Waals surface area contributed by atoms with E-state index in [9.17, 15) is 9.90 Å². The number of rotatable bonds is 3. The highest BCUT2D eigenvalue weighted by Crippen LogP contribution is 2.31. The molecule has 19 heavy (non-hydrogen) atoms. The molecule has 1 aromatic heterocycles. The van der Waals surface area contributed by atoms with Crippen LogP contribution < -0.4 is 4.90 Å².